The molecule has 1 aliphatic heterocycles. The number of imidazole rings is 1. The van der Waals surface area contributed by atoms with Crippen molar-refractivity contribution in [3.63, 3.8) is 0 Å². The molecule has 3 aromatic carbocycles. The molecule has 0 radical (unpaired) electrons. The van der Waals surface area contributed by atoms with E-state index in [-0.39, 0.29) is 12.6 Å². The van der Waals surface area contributed by atoms with E-state index in [0.29, 0.717) is 13.0 Å². The Labute approximate surface area is 237 Å². The zero-order chi connectivity index (χ0) is 28.0. The summed E-state index contributed by atoms with van der Waals surface area (Å²) in [5, 5.41) is 0. The average Bonchev–Trinajstić information content (AvgIpc) is 3.62. The molecule has 1 atom stereocenters. The van der Waals surface area contributed by atoms with Gasteiger partial charge in [0.1, 0.15) is 11.6 Å². The van der Waals surface area contributed by atoms with Crippen LogP contribution in [0, 0.1) is 0 Å². The Morgan fingerprint density at radius 2 is 1.70 bits per heavy atom. The maximum atomic E-state index is 13.4. The van der Waals surface area contributed by atoms with Gasteiger partial charge in [-0.25, -0.2) is 9.71 Å². The summed E-state index contributed by atoms with van der Waals surface area (Å²) in [5.74, 6) is 1.53. The van der Waals surface area contributed by atoms with E-state index >= 15 is 0 Å². The number of rotatable bonds is 12. The van der Waals surface area contributed by atoms with Gasteiger partial charge in [0.25, 0.3) is 10.2 Å². The lowest BCUT2D eigenvalue weighted by Crippen LogP contribution is -2.48. The molecule has 1 fully saturated rings. The molecule has 1 saturated heterocycles. The van der Waals surface area contributed by atoms with E-state index in [1.54, 1.807) is 11.4 Å². The minimum atomic E-state index is -3.65. The summed E-state index contributed by atoms with van der Waals surface area (Å²) < 4.78 is 36.6. The first-order valence-corrected chi connectivity index (χ1v) is 15.2. The van der Waals surface area contributed by atoms with Crippen LogP contribution in [0.3, 0.4) is 0 Å². The highest BCUT2D eigenvalue weighted by molar-refractivity contribution is 7.87. The molecular formula is C31H37N5O3S. The number of nitrogens with one attached hydrogen (secondary N) is 2. The predicted octanol–water partition coefficient (Wildman–Crippen LogP) is 4.73. The fourth-order valence-electron chi connectivity index (χ4n) is 5.36. The minimum absolute atomic E-state index is 0.0452. The molecule has 4 aromatic rings. The number of hydrogen-bond donors (Lipinski definition) is 2. The van der Waals surface area contributed by atoms with Gasteiger partial charge in [-0.05, 0) is 36.2 Å². The van der Waals surface area contributed by atoms with E-state index in [1.165, 1.54) is 5.56 Å². The number of ether oxygens (including phenoxy) is 1. The summed E-state index contributed by atoms with van der Waals surface area (Å²) in [6.45, 7) is 5.02. The van der Waals surface area contributed by atoms with Crippen molar-refractivity contribution in [1.29, 1.82) is 0 Å². The lowest BCUT2D eigenvalue weighted by Gasteiger charge is -2.27. The summed E-state index contributed by atoms with van der Waals surface area (Å²) in [7, 11) is -2.01. The summed E-state index contributed by atoms with van der Waals surface area (Å²) >= 11 is 0. The number of methoxy groups -OCH3 is 1. The Kier molecular flexibility index (Phi) is 8.96. The third kappa shape index (κ3) is 6.62. The molecule has 210 valence electrons. The Morgan fingerprint density at radius 3 is 2.38 bits per heavy atom. The van der Waals surface area contributed by atoms with Crippen molar-refractivity contribution in [3.05, 3.63) is 96.2 Å². The van der Waals surface area contributed by atoms with Crippen LogP contribution in [0.25, 0.3) is 22.6 Å². The first-order chi connectivity index (χ1) is 19.5. The monoisotopic (exact) mass is 559 g/mol. The van der Waals surface area contributed by atoms with Gasteiger partial charge in [0.05, 0.1) is 18.5 Å². The highest BCUT2D eigenvalue weighted by Crippen LogP contribution is 2.28. The van der Waals surface area contributed by atoms with Crippen LogP contribution in [0.15, 0.2) is 84.9 Å². The number of aromatic amines is 1. The molecule has 0 aliphatic carbocycles. The molecule has 9 heteroatoms. The maximum Gasteiger partial charge on any atom is 0.279 e. The summed E-state index contributed by atoms with van der Waals surface area (Å²) in [6.07, 6.45) is 1.27. The van der Waals surface area contributed by atoms with Gasteiger partial charge in [-0.3, -0.25) is 4.90 Å². The molecule has 0 saturated carbocycles. The van der Waals surface area contributed by atoms with E-state index in [4.69, 9.17) is 9.72 Å². The van der Waals surface area contributed by atoms with E-state index in [2.05, 4.69) is 26.7 Å². The minimum Gasteiger partial charge on any atom is -0.497 e. The highest BCUT2D eigenvalue weighted by Gasteiger charge is 2.33. The van der Waals surface area contributed by atoms with Gasteiger partial charge in [-0.2, -0.15) is 12.7 Å². The molecule has 2 heterocycles. The van der Waals surface area contributed by atoms with Gasteiger partial charge >= 0.3 is 0 Å². The van der Waals surface area contributed by atoms with Crippen LogP contribution in [0.1, 0.15) is 24.6 Å². The van der Waals surface area contributed by atoms with E-state index in [9.17, 15) is 8.42 Å². The molecule has 2 N–H and O–H groups in total. The second-order valence-corrected chi connectivity index (χ2v) is 11.7. The lowest BCUT2D eigenvalue weighted by atomic mass is 10.1. The number of likely N-dealkylation sites (tertiary alicyclic amines) is 1. The van der Waals surface area contributed by atoms with Crippen molar-refractivity contribution < 1.29 is 13.2 Å². The number of aromatic nitrogens is 2. The topological polar surface area (TPSA) is 90.6 Å². The van der Waals surface area contributed by atoms with Crippen molar-refractivity contribution in [2.45, 2.75) is 32.4 Å². The lowest BCUT2D eigenvalue weighted by molar-refractivity contribution is 0.284. The predicted molar refractivity (Wildman–Crippen MR) is 159 cm³/mol. The normalized spacial score (nSPS) is 16.0. The molecule has 0 amide bonds. The molecule has 1 aromatic heterocycles. The van der Waals surface area contributed by atoms with E-state index in [1.807, 2.05) is 79.7 Å². The quantitative estimate of drug-likeness (QED) is 0.262. The van der Waals surface area contributed by atoms with Crippen LogP contribution in [0.4, 0.5) is 0 Å². The Bertz CT molecular complexity index is 1470. The number of likely N-dealkylation sites (N-methyl/N-ethyl adjacent to an activating group) is 1. The first-order valence-electron chi connectivity index (χ1n) is 13.8. The standard InChI is InChI=1S/C31H37N5O3S/c1-3-36(27-19-21-35(23-27)22-24-10-6-4-7-11-24)40(37,38)32-20-18-29-30(25-14-16-28(39-2)17-15-25)34-31(33-29)26-12-8-5-9-13-26/h4-17,27,32H,3,18-23H2,1-2H3,(H,33,34). The van der Waals surface area contributed by atoms with E-state index < -0.39 is 10.2 Å². The van der Waals surface area contributed by atoms with Crippen LogP contribution in [0.2, 0.25) is 0 Å². The smallest absolute Gasteiger partial charge is 0.279 e. The van der Waals surface area contributed by atoms with Gasteiger partial charge in [-0.15, -0.1) is 0 Å². The zero-order valence-electron chi connectivity index (χ0n) is 23.1. The van der Waals surface area contributed by atoms with Crippen molar-refractivity contribution in [2.75, 3.05) is 33.3 Å². The van der Waals surface area contributed by atoms with Crippen LogP contribution < -0.4 is 9.46 Å². The zero-order valence-corrected chi connectivity index (χ0v) is 23.9. The number of H-pyrrole nitrogens is 1. The fraction of sp³-hybridized carbons (Fsp3) is 0.323. The largest absolute Gasteiger partial charge is 0.497 e. The van der Waals surface area contributed by atoms with Crippen LogP contribution in [-0.2, 0) is 23.2 Å². The van der Waals surface area contributed by atoms with E-state index in [0.717, 1.165) is 60.1 Å². The Balaban J connectivity index is 1.27. The van der Waals surface area contributed by atoms with Gasteiger partial charge in [-0.1, -0.05) is 67.6 Å². The molecule has 1 unspecified atom stereocenters. The fourth-order valence-corrected chi connectivity index (χ4v) is 6.79. The molecule has 8 nitrogen and oxygen atoms in total. The first kappa shape index (κ1) is 28.0. The SMILES string of the molecule is CCN(C1CCN(Cc2ccccc2)C1)S(=O)(=O)NCCc1nc(-c2ccccc2)[nH]c1-c1ccc(OC)cc1. The summed E-state index contributed by atoms with van der Waals surface area (Å²) in [4.78, 5) is 10.7. The van der Waals surface area contributed by atoms with Crippen LogP contribution >= 0.6 is 0 Å². The molecule has 0 spiro atoms. The molecular weight excluding hydrogens is 522 g/mol. The van der Waals surface area contributed by atoms with Crippen LogP contribution in [0.5, 0.6) is 5.75 Å². The Morgan fingerprint density at radius 1 is 1.00 bits per heavy atom. The van der Waals surface area contributed by atoms with Gasteiger partial charge in [0, 0.05) is 56.3 Å². The number of nitrogens with zero attached hydrogens (tertiary/aromatic N) is 3. The van der Waals surface area contributed by atoms with Crippen molar-refractivity contribution in [1.82, 2.24) is 23.9 Å². The third-order valence-corrected chi connectivity index (χ3v) is 9.12. The average molecular weight is 560 g/mol. The van der Waals surface area contributed by atoms with Gasteiger partial charge in [0.15, 0.2) is 0 Å². The van der Waals surface area contributed by atoms with Gasteiger partial charge in [0.2, 0.25) is 0 Å². The maximum absolute atomic E-state index is 13.4. The van der Waals surface area contributed by atoms with Crippen molar-refractivity contribution in [2.24, 2.45) is 0 Å². The number of hydrogen-bond acceptors (Lipinski definition) is 5. The number of benzene rings is 3. The van der Waals surface area contributed by atoms with Crippen molar-refractivity contribution in [3.8, 4) is 28.4 Å². The molecule has 5 rings (SSSR count). The highest BCUT2D eigenvalue weighted by atomic mass is 32.2. The molecule has 0 bridgehead atoms. The second-order valence-electron chi connectivity index (χ2n) is 10.0. The van der Waals surface area contributed by atoms with Gasteiger partial charge < -0.3 is 9.72 Å². The van der Waals surface area contributed by atoms with Crippen LogP contribution in [-0.4, -0.2) is 66.9 Å². The summed E-state index contributed by atoms with van der Waals surface area (Å²) in [6, 6.07) is 28.0. The third-order valence-electron chi connectivity index (χ3n) is 7.38. The summed E-state index contributed by atoms with van der Waals surface area (Å²) in [5.41, 5.74) is 4.87. The van der Waals surface area contributed by atoms with Crippen molar-refractivity contribution >= 4 is 10.2 Å². The second kappa shape index (κ2) is 12.8. The molecule has 1 aliphatic rings. The Hall–Kier alpha value is -3.50. The molecule has 40 heavy (non-hydrogen) atoms.